The van der Waals surface area contributed by atoms with Gasteiger partial charge in [0.25, 0.3) is 0 Å². The zero-order valence-corrected chi connectivity index (χ0v) is 30.7. The minimum absolute atomic E-state index is 0.0785. The monoisotopic (exact) mass is 702 g/mol. The third-order valence-corrected chi connectivity index (χ3v) is 10.4. The van der Waals surface area contributed by atoms with Crippen LogP contribution in [0, 0.1) is 5.92 Å². The van der Waals surface area contributed by atoms with Crippen LogP contribution in [0.1, 0.15) is 137 Å². The Hall–Kier alpha value is -2.25. The summed E-state index contributed by atoms with van der Waals surface area (Å²) < 4.78 is 51.3. The largest absolute Gasteiger partial charge is 0.464 e. The first kappa shape index (κ1) is 41.9. The van der Waals surface area contributed by atoms with E-state index in [-0.39, 0.29) is 50.6 Å². The van der Waals surface area contributed by atoms with Crippen LogP contribution in [0.15, 0.2) is 0 Å². The Bertz CT molecular complexity index is 1080. The normalized spacial score (nSPS) is 22.2. The highest BCUT2D eigenvalue weighted by atomic mass is 32.2. The second kappa shape index (κ2) is 23.2. The van der Waals surface area contributed by atoms with Crippen LogP contribution in [0.5, 0.6) is 0 Å². The standard InChI is InChI=1S/C35H62N2O10S/c1-5-16-30(38)44-26-28-34(46-32(40)18-7-3)35(47-33(41)19-8-4)29(45-31(39)17-6-2)25-37(28)22-14-9-10-15-23-48(42,43)36-24-27-20-12-11-13-21-27/h27-29,34-36H,5-26H2,1-4H3/t28-,29+,34-,35-/m1/s1. The molecule has 1 saturated heterocycles. The highest BCUT2D eigenvalue weighted by Gasteiger charge is 2.50. The molecule has 1 saturated carbocycles. The Balaban J connectivity index is 2.17. The SMILES string of the molecule is CCCC(=O)OC[C@@H]1[C@@H](OC(=O)CCC)[C@H](OC(=O)CCC)[C@@H](OC(=O)CCC)CN1CCCCCCS(=O)(=O)NCC1CCCCC1. The van der Waals surface area contributed by atoms with Crippen LogP contribution in [-0.4, -0.2) is 93.5 Å². The second-order valence-corrected chi connectivity index (χ2v) is 15.2. The third-order valence-electron chi connectivity index (χ3n) is 8.93. The number of hydrogen-bond donors (Lipinski definition) is 1. The number of nitrogens with one attached hydrogen (secondary N) is 1. The summed E-state index contributed by atoms with van der Waals surface area (Å²) in [5.74, 6) is -1.29. The van der Waals surface area contributed by atoms with Gasteiger partial charge in [0.2, 0.25) is 10.0 Å². The van der Waals surface area contributed by atoms with Crippen LogP contribution in [-0.2, 0) is 48.1 Å². The smallest absolute Gasteiger partial charge is 0.306 e. The van der Waals surface area contributed by atoms with E-state index in [2.05, 4.69) is 4.72 Å². The summed E-state index contributed by atoms with van der Waals surface area (Å²) in [4.78, 5) is 52.8. The van der Waals surface area contributed by atoms with Crippen molar-refractivity contribution in [3.05, 3.63) is 0 Å². The highest BCUT2D eigenvalue weighted by molar-refractivity contribution is 7.89. The molecule has 0 aromatic carbocycles. The number of sulfonamides is 1. The van der Waals surface area contributed by atoms with Crippen LogP contribution in [0.25, 0.3) is 0 Å². The number of piperidine rings is 1. The Morgan fingerprint density at radius 2 is 1.23 bits per heavy atom. The van der Waals surface area contributed by atoms with Crippen LogP contribution in [0.2, 0.25) is 0 Å². The van der Waals surface area contributed by atoms with E-state index in [0.717, 1.165) is 19.3 Å². The Labute approximate surface area is 288 Å². The molecular weight excluding hydrogens is 640 g/mol. The zero-order valence-electron chi connectivity index (χ0n) is 29.9. The zero-order chi connectivity index (χ0) is 35.4. The van der Waals surface area contributed by atoms with Crippen molar-refractivity contribution in [2.24, 2.45) is 5.92 Å². The van der Waals surface area contributed by atoms with Crippen LogP contribution in [0.4, 0.5) is 0 Å². The van der Waals surface area contributed by atoms with Gasteiger partial charge in [-0.2, -0.15) is 0 Å². The summed E-state index contributed by atoms with van der Waals surface area (Å²) >= 11 is 0. The summed E-state index contributed by atoms with van der Waals surface area (Å²) in [6.45, 7) is 8.54. The predicted octanol–water partition coefficient (Wildman–Crippen LogP) is 5.21. The minimum atomic E-state index is -3.33. The first-order valence-electron chi connectivity index (χ1n) is 18.5. The molecule has 0 radical (unpaired) electrons. The van der Waals surface area contributed by atoms with Crippen molar-refractivity contribution in [1.29, 1.82) is 0 Å². The third kappa shape index (κ3) is 16.0. The Morgan fingerprint density at radius 1 is 0.688 bits per heavy atom. The highest BCUT2D eigenvalue weighted by Crippen LogP contribution is 2.29. The molecule has 0 aromatic rings. The van der Waals surface area contributed by atoms with Gasteiger partial charge in [0.1, 0.15) is 6.61 Å². The van der Waals surface area contributed by atoms with E-state index >= 15 is 0 Å². The van der Waals surface area contributed by atoms with Gasteiger partial charge in [-0.25, -0.2) is 13.1 Å². The lowest BCUT2D eigenvalue weighted by Gasteiger charge is -2.47. The molecule has 0 amide bonds. The van der Waals surface area contributed by atoms with Crippen LogP contribution >= 0.6 is 0 Å². The van der Waals surface area contributed by atoms with Gasteiger partial charge in [-0.05, 0) is 63.8 Å². The number of esters is 4. The molecule has 0 unspecified atom stereocenters. The molecule has 2 fully saturated rings. The molecule has 2 aliphatic rings. The Kier molecular flexibility index (Phi) is 20.3. The fraction of sp³-hybridized carbons (Fsp3) is 0.886. The van der Waals surface area contributed by atoms with Crippen molar-refractivity contribution in [3.8, 4) is 0 Å². The van der Waals surface area contributed by atoms with Crippen molar-refractivity contribution in [3.63, 3.8) is 0 Å². The molecule has 0 bridgehead atoms. The number of ether oxygens (including phenoxy) is 4. The van der Waals surface area contributed by atoms with Gasteiger partial charge in [0, 0.05) is 38.8 Å². The molecule has 1 aliphatic heterocycles. The summed E-state index contributed by atoms with van der Waals surface area (Å²) in [5.41, 5.74) is 0. The van der Waals surface area contributed by atoms with Crippen molar-refractivity contribution in [2.45, 2.75) is 161 Å². The molecule has 1 heterocycles. The van der Waals surface area contributed by atoms with Gasteiger partial charge >= 0.3 is 23.9 Å². The molecule has 12 nitrogen and oxygen atoms in total. The van der Waals surface area contributed by atoms with Gasteiger partial charge in [-0.15, -0.1) is 0 Å². The molecule has 0 spiro atoms. The number of unbranched alkanes of at least 4 members (excludes halogenated alkanes) is 3. The quantitative estimate of drug-likeness (QED) is 0.0848. The average Bonchev–Trinajstić information content (AvgIpc) is 3.04. The topological polar surface area (TPSA) is 155 Å². The molecular formula is C35H62N2O10S. The number of nitrogens with zero attached hydrogens (tertiary/aromatic N) is 1. The minimum Gasteiger partial charge on any atom is -0.464 e. The molecule has 278 valence electrons. The average molecular weight is 703 g/mol. The van der Waals surface area contributed by atoms with E-state index in [1.54, 1.807) is 0 Å². The number of hydrogen-bond acceptors (Lipinski definition) is 11. The molecule has 2 rings (SSSR count). The summed E-state index contributed by atoms with van der Waals surface area (Å²) in [6.07, 6.45) is 8.38. The second-order valence-electron chi connectivity index (χ2n) is 13.3. The van der Waals surface area contributed by atoms with Crippen molar-refractivity contribution < 1.29 is 46.5 Å². The van der Waals surface area contributed by atoms with Crippen molar-refractivity contribution in [1.82, 2.24) is 9.62 Å². The van der Waals surface area contributed by atoms with Gasteiger partial charge < -0.3 is 18.9 Å². The molecule has 4 atom stereocenters. The fourth-order valence-corrected chi connectivity index (χ4v) is 7.56. The van der Waals surface area contributed by atoms with Gasteiger partial charge in [0.05, 0.1) is 11.8 Å². The lowest BCUT2D eigenvalue weighted by Crippen LogP contribution is -2.65. The number of rotatable bonds is 23. The molecule has 13 heteroatoms. The number of carbonyl (C=O) groups is 4. The number of carbonyl (C=O) groups excluding carboxylic acids is 4. The maximum Gasteiger partial charge on any atom is 0.306 e. The molecule has 48 heavy (non-hydrogen) atoms. The predicted molar refractivity (Wildman–Crippen MR) is 182 cm³/mol. The molecule has 0 aromatic heterocycles. The lowest BCUT2D eigenvalue weighted by molar-refractivity contribution is -0.210. The maximum atomic E-state index is 12.9. The Morgan fingerprint density at radius 3 is 1.83 bits per heavy atom. The summed E-state index contributed by atoms with van der Waals surface area (Å²) in [7, 11) is -3.33. The first-order chi connectivity index (χ1) is 23.0. The van der Waals surface area contributed by atoms with E-state index in [4.69, 9.17) is 18.9 Å². The maximum absolute atomic E-state index is 12.9. The van der Waals surface area contributed by atoms with Gasteiger partial charge in [-0.1, -0.05) is 59.8 Å². The lowest BCUT2D eigenvalue weighted by atomic mass is 9.90. The van der Waals surface area contributed by atoms with E-state index in [0.29, 0.717) is 64.0 Å². The first-order valence-corrected chi connectivity index (χ1v) is 20.1. The van der Waals surface area contributed by atoms with E-state index in [9.17, 15) is 27.6 Å². The summed E-state index contributed by atoms with van der Waals surface area (Å²) in [6, 6.07) is -0.642. The van der Waals surface area contributed by atoms with Crippen molar-refractivity contribution in [2.75, 3.05) is 32.0 Å². The number of likely N-dealkylation sites (tertiary alicyclic amines) is 1. The van der Waals surface area contributed by atoms with Crippen molar-refractivity contribution >= 4 is 33.9 Å². The van der Waals surface area contributed by atoms with E-state index < -0.39 is 52.3 Å². The van der Waals surface area contributed by atoms with Gasteiger partial charge in [-0.3, -0.25) is 24.1 Å². The fourth-order valence-electron chi connectivity index (χ4n) is 6.34. The van der Waals surface area contributed by atoms with E-state index in [1.165, 1.54) is 19.3 Å². The summed E-state index contributed by atoms with van der Waals surface area (Å²) in [5, 5.41) is 0. The van der Waals surface area contributed by atoms with Crippen LogP contribution < -0.4 is 4.72 Å². The van der Waals surface area contributed by atoms with Gasteiger partial charge in [0.15, 0.2) is 18.3 Å². The van der Waals surface area contributed by atoms with E-state index in [1.807, 2.05) is 32.6 Å². The molecule has 1 N–H and O–H groups in total. The van der Waals surface area contributed by atoms with Crippen LogP contribution in [0.3, 0.4) is 0 Å². The molecule has 1 aliphatic carbocycles.